The Labute approximate surface area is 102 Å². The van der Waals surface area contributed by atoms with Crippen molar-refractivity contribution in [2.45, 2.75) is 40.0 Å². The first-order valence-corrected chi connectivity index (χ1v) is 6.30. The van der Waals surface area contributed by atoms with E-state index in [1.165, 1.54) is 5.57 Å². The molecule has 3 aliphatic rings. The largest absolute Gasteiger partial charge is 0.431 e. The Hall–Kier alpha value is -1.31. The van der Waals surface area contributed by atoms with E-state index in [4.69, 9.17) is 4.74 Å². The van der Waals surface area contributed by atoms with Gasteiger partial charge in [0.1, 0.15) is 0 Å². The summed E-state index contributed by atoms with van der Waals surface area (Å²) in [6, 6.07) is 0. The Morgan fingerprint density at radius 3 is 2.88 bits per heavy atom. The number of carbonyl (C=O) groups is 1. The number of hydrogen-bond acceptors (Lipinski definition) is 2. The molecular weight excluding hydrogens is 212 g/mol. The fraction of sp³-hybridized carbons (Fsp3) is 0.533. The van der Waals surface area contributed by atoms with Gasteiger partial charge in [0.2, 0.25) is 0 Å². The molecule has 0 bridgehead atoms. The van der Waals surface area contributed by atoms with Gasteiger partial charge in [-0.1, -0.05) is 26.3 Å². The minimum absolute atomic E-state index is 0.175. The highest BCUT2D eigenvalue weighted by molar-refractivity contribution is 5.97. The van der Waals surface area contributed by atoms with Gasteiger partial charge in [-0.15, -0.1) is 0 Å². The predicted molar refractivity (Wildman–Crippen MR) is 66.1 cm³/mol. The van der Waals surface area contributed by atoms with E-state index in [0.29, 0.717) is 11.3 Å². The summed E-state index contributed by atoms with van der Waals surface area (Å²) in [5.74, 6) is 0.354. The Morgan fingerprint density at radius 2 is 2.12 bits per heavy atom. The first-order chi connectivity index (χ1) is 7.96. The van der Waals surface area contributed by atoms with Crippen molar-refractivity contribution < 1.29 is 9.53 Å². The lowest BCUT2D eigenvalue weighted by Gasteiger charge is -2.20. The monoisotopic (exact) mass is 230 g/mol. The highest BCUT2D eigenvalue weighted by Crippen LogP contribution is 2.48. The van der Waals surface area contributed by atoms with E-state index in [1.807, 2.05) is 0 Å². The molecule has 0 fully saturated rings. The second kappa shape index (κ2) is 3.34. The quantitative estimate of drug-likeness (QED) is 0.595. The highest BCUT2D eigenvalue weighted by Gasteiger charge is 2.36. The summed E-state index contributed by atoms with van der Waals surface area (Å²) in [4.78, 5) is 11.7. The number of fused-ring (bicyclic) bond motifs is 1. The first kappa shape index (κ1) is 10.8. The van der Waals surface area contributed by atoms with Gasteiger partial charge >= 0.3 is 5.97 Å². The standard InChI is InChI=1S/C15H18O2/c1-9-4-11-8-17-14(16)12(11)5-10-6-15(2,3)7-13(9)10/h5,8-9H,4,6-7H2,1-3H3/t9-/m1/s1. The fourth-order valence-corrected chi connectivity index (χ4v) is 3.27. The molecule has 0 saturated heterocycles. The van der Waals surface area contributed by atoms with E-state index < -0.39 is 0 Å². The molecule has 0 spiro atoms. The number of ether oxygens (including phenoxy) is 1. The third-order valence-corrected chi connectivity index (χ3v) is 4.06. The van der Waals surface area contributed by atoms with Crippen LogP contribution in [-0.4, -0.2) is 5.97 Å². The summed E-state index contributed by atoms with van der Waals surface area (Å²) in [6.07, 6.45) is 6.89. The van der Waals surface area contributed by atoms with Crippen LogP contribution in [0.15, 0.2) is 34.6 Å². The van der Waals surface area contributed by atoms with E-state index in [1.54, 1.807) is 11.8 Å². The second-order valence-corrected chi connectivity index (χ2v) is 6.28. The molecule has 0 aromatic rings. The summed E-state index contributed by atoms with van der Waals surface area (Å²) >= 11 is 0. The fourth-order valence-electron chi connectivity index (χ4n) is 3.27. The number of esters is 1. The van der Waals surface area contributed by atoms with E-state index in [9.17, 15) is 4.79 Å². The van der Waals surface area contributed by atoms with Gasteiger partial charge in [0.05, 0.1) is 11.8 Å². The molecule has 3 rings (SSSR count). The van der Waals surface area contributed by atoms with Gasteiger partial charge in [0, 0.05) is 5.57 Å². The minimum Gasteiger partial charge on any atom is -0.431 e. The zero-order valence-electron chi connectivity index (χ0n) is 10.7. The van der Waals surface area contributed by atoms with Crippen LogP contribution in [0.5, 0.6) is 0 Å². The molecule has 1 heterocycles. The minimum atomic E-state index is -0.175. The van der Waals surface area contributed by atoms with Crippen LogP contribution in [-0.2, 0) is 9.53 Å². The summed E-state index contributed by atoms with van der Waals surface area (Å²) in [5, 5.41) is 0. The Morgan fingerprint density at radius 1 is 1.35 bits per heavy atom. The summed E-state index contributed by atoms with van der Waals surface area (Å²) in [6.45, 7) is 6.87. The predicted octanol–water partition coefficient (Wildman–Crippen LogP) is 3.51. The lowest BCUT2D eigenvalue weighted by atomic mass is 9.84. The summed E-state index contributed by atoms with van der Waals surface area (Å²) < 4.78 is 5.01. The average molecular weight is 230 g/mol. The van der Waals surface area contributed by atoms with Gasteiger partial charge in [-0.2, -0.15) is 0 Å². The van der Waals surface area contributed by atoms with Gasteiger partial charge in [-0.25, -0.2) is 4.79 Å². The molecule has 0 N–H and O–H groups in total. The molecule has 2 nitrogen and oxygen atoms in total. The number of carbonyl (C=O) groups excluding carboxylic acids is 1. The van der Waals surface area contributed by atoms with Crippen molar-refractivity contribution in [2.75, 3.05) is 0 Å². The van der Waals surface area contributed by atoms with Crippen LogP contribution in [0.25, 0.3) is 0 Å². The number of rotatable bonds is 0. The van der Waals surface area contributed by atoms with Crippen LogP contribution < -0.4 is 0 Å². The molecule has 0 amide bonds. The van der Waals surface area contributed by atoms with Crippen LogP contribution >= 0.6 is 0 Å². The molecule has 0 aromatic heterocycles. The molecule has 90 valence electrons. The van der Waals surface area contributed by atoms with Crippen molar-refractivity contribution in [3.05, 3.63) is 34.6 Å². The molecule has 17 heavy (non-hydrogen) atoms. The molecule has 1 aliphatic heterocycles. The third kappa shape index (κ3) is 1.67. The maximum Gasteiger partial charge on any atom is 0.343 e. The zero-order chi connectivity index (χ0) is 12.2. The molecule has 0 saturated carbocycles. The van der Waals surface area contributed by atoms with E-state index >= 15 is 0 Å². The third-order valence-electron chi connectivity index (χ3n) is 4.06. The first-order valence-electron chi connectivity index (χ1n) is 6.30. The topological polar surface area (TPSA) is 26.3 Å². The maximum absolute atomic E-state index is 11.7. The number of cyclic esters (lactones) is 1. The molecule has 0 unspecified atom stereocenters. The lowest BCUT2D eigenvalue weighted by Crippen LogP contribution is -2.09. The van der Waals surface area contributed by atoms with Crippen LogP contribution in [0.2, 0.25) is 0 Å². The van der Waals surface area contributed by atoms with Gasteiger partial charge in [-0.05, 0) is 42.2 Å². The van der Waals surface area contributed by atoms with Gasteiger partial charge in [-0.3, -0.25) is 0 Å². The number of allylic oxidation sites excluding steroid dienone is 3. The van der Waals surface area contributed by atoms with Crippen molar-refractivity contribution >= 4 is 5.97 Å². The molecule has 0 aromatic carbocycles. The van der Waals surface area contributed by atoms with Crippen LogP contribution in [0, 0.1) is 11.3 Å². The summed E-state index contributed by atoms with van der Waals surface area (Å²) in [5.41, 5.74) is 5.14. The van der Waals surface area contributed by atoms with Crippen molar-refractivity contribution in [1.29, 1.82) is 0 Å². The smallest absolute Gasteiger partial charge is 0.343 e. The summed E-state index contributed by atoms with van der Waals surface area (Å²) in [7, 11) is 0. The van der Waals surface area contributed by atoms with Crippen molar-refractivity contribution in [2.24, 2.45) is 11.3 Å². The van der Waals surface area contributed by atoms with E-state index in [2.05, 4.69) is 26.8 Å². The van der Waals surface area contributed by atoms with Crippen molar-refractivity contribution in [1.82, 2.24) is 0 Å². The van der Waals surface area contributed by atoms with E-state index in [-0.39, 0.29) is 5.97 Å². The van der Waals surface area contributed by atoms with Gasteiger partial charge in [0.15, 0.2) is 0 Å². The molecule has 2 aliphatic carbocycles. The molecule has 2 heteroatoms. The molecule has 0 radical (unpaired) electrons. The van der Waals surface area contributed by atoms with Crippen LogP contribution in [0.1, 0.15) is 40.0 Å². The highest BCUT2D eigenvalue weighted by atomic mass is 16.5. The molecule has 1 atom stereocenters. The van der Waals surface area contributed by atoms with Crippen LogP contribution in [0.4, 0.5) is 0 Å². The Bertz CT molecular complexity index is 489. The number of hydrogen-bond donors (Lipinski definition) is 0. The Balaban J connectivity index is 2.05. The van der Waals surface area contributed by atoms with Crippen molar-refractivity contribution in [3.8, 4) is 0 Å². The molecular formula is C15H18O2. The van der Waals surface area contributed by atoms with Gasteiger partial charge in [0.25, 0.3) is 0 Å². The van der Waals surface area contributed by atoms with Crippen molar-refractivity contribution in [3.63, 3.8) is 0 Å². The van der Waals surface area contributed by atoms with E-state index in [0.717, 1.165) is 30.4 Å². The van der Waals surface area contributed by atoms with Crippen LogP contribution in [0.3, 0.4) is 0 Å². The Kier molecular flexibility index (Phi) is 2.13. The normalized spacial score (nSPS) is 30.3. The second-order valence-electron chi connectivity index (χ2n) is 6.28. The van der Waals surface area contributed by atoms with Gasteiger partial charge < -0.3 is 4.74 Å². The SMILES string of the molecule is C[C@@H]1CC2=COC(=O)C2=CC2=C1CC(C)(C)C2. The zero-order valence-corrected chi connectivity index (χ0v) is 10.7. The maximum atomic E-state index is 11.7. The average Bonchev–Trinajstić information content (AvgIpc) is 2.68. The lowest BCUT2D eigenvalue weighted by molar-refractivity contribution is -0.132.